The van der Waals surface area contributed by atoms with Crippen LogP contribution in [0.4, 0.5) is 0 Å². The van der Waals surface area contributed by atoms with E-state index in [2.05, 4.69) is 20.5 Å². The molecule has 1 aromatic rings. The van der Waals surface area contributed by atoms with Crippen LogP contribution in [-0.4, -0.2) is 15.1 Å². The average molecular weight is 304 g/mol. The SMILES string of the molecule is CC1=C(Cl)NN=C(Cl)C(C)=C1c1ncc(Cl)cn1. The lowest BCUT2D eigenvalue weighted by molar-refractivity contribution is 0.943. The predicted molar refractivity (Wildman–Crippen MR) is 74.6 cm³/mol. The largest absolute Gasteiger partial charge is 0.266 e. The zero-order chi connectivity index (χ0) is 13.3. The summed E-state index contributed by atoms with van der Waals surface area (Å²) in [4.78, 5) is 8.36. The van der Waals surface area contributed by atoms with Crippen molar-refractivity contribution in [1.82, 2.24) is 15.4 Å². The molecule has 1 aliphatic heterocycles. The minimum absolute atomic E-state index is 0.318. The fourth-order valence-corrected chi connectivity index (χ4v) is 1.91. The molecule has 4 nitrogen and oxygen atoms in total. The first-order valence-electron chi connectivity index (χ1n) is 5.06. The van der Waals surface area contributed by atoms with Crippen molar-refractivity contribution in [1.29, 1.82) is 0 Å². The number of nitrogens with zero attached hydrogens (tertiary/aromatic N) is 3. The maximum Gasteiger partial charge on any atom is 0.159 e. The van der Waals surface area contributed by atoms with Crippen molar-refractivity contribution in [3.8, 4) is 0 Å². The Morgan fingerprint density at radius 2 is 1.61 bits per heavy atom. The molecule has 1 aliphatic rings. The number of hydrogen-bond acceptors (Lipinski definition) is 4. The molecule has 18 heavy (non-hydrogen) atoms. The molecule has 0 unspecified atom stereocenters. The van der Waals surface area contributed by atoms with Crippen molar-refractivity contribution < 1.29 is 0 Å². The average Bonchev–Trinajstić information content (AvgIpc) is 2.45. The van der Waals surface area contributed by atoms with E-state index in [0.29, 0.717) is 21.2 Å². The molecule has 0 atom stereocenters. The van der Waals surface area contributed by atoms with Crippen LogP contribution < -0.4 is 5.43 Å². The van der Waals surface area contributed by atoms with Gasteiger partial charge in [0, 0.05) is 18.0 Å². The molecular weight excluding hydrogens is 295 g/mol. The lowest BCUT2D eigenvalue weighted by atomic mass is 10.0. The van der Waals surface area contributed by atoms with Crippen molar-refractivity contribution in [3.05, 3.63) is 39.5 Å². The molecule has 0 aliphatic carbocycles. The number of hydrogen-bond donors (Lipinski definition) is 1. The van der Waals surface area contributed by atoms with Crippen LogP contribution in [0.15, 0.2) is 33.8 Å². The second-order valence-electron chi connectivity index (χ2n) is 3.68. The lowest BCUT2D eigenvalue weighted by Crippen LogP contribution is -2.02. The Morgan fingerprint density at radius 3 is 2.22 bits per heavy atom. The van der Waals surface area contributed by atoms with Crippen LogP contribution in [0.5, 0.6) is 0 Å². The first kappa shape index (κ1) is 13.3. The number of aromatic nitrogens is 2. The van der Waals surface area contributed by atoms with E-state index in [-0.39, 0.29) is 0 Å². The lowest BCUT2D eigenvalue weighted by Gasteiger charge is -2.09. The van der Waals surface area contributed by atoms with Crippen LogP contribution in [0.3, 0.4) is 0 Å². The molecule has 7 heteroatoms. The Bertz CT molecular complexity index is 572. The molecule has 0 bridgehead atoms. The topological polar surface area (TPSA) is 50.2 Å². The second kappa shape index (κ2) is 5.26. The third-order valence-electron chi connectivity index (χ3n) is 2.48. The maximum atomic E-state index is 6.07. The summed E-state index contributed by atoms with van der Waals surface area (Å²) in [6, 6.07) is 0. The van der Waals surface area contributed by atoms with Gasteiger partial charge < -0.3 is 0 Å². The van der Waals surface area contributed by atoms with Crippen LogP contribution in [0, 0.1) is 0 Å². The molecule has 0 amide bonds. The first-order chi connectivity index (χ1) is 8.50. The standard InChI is InChI=1S/C11H9Cl3N4/c1-5-8(11-15-3-7(12)4-16-11)6(2)10(14)18-17-9(5)13/h3-4,17H,1-2H3. The van der Waals surface area contributed by atoms with E-state index in [4.69, 9.17) is 34.8 Å². The Kier molecular flexibility index (Phi) is 3.90. The highest BCUT2D eigenvalue weighted by Gasteiger charge is 2.19. The van der Waals surface area contributed by atoms with E-state index in [1.54, 1.807) is 0 Å². The summed E-state index contributed by atoms with van der Waals surface area (Å²) in [6.45, 7) is 3.68. The van der Waals surface area contributed by atoms with Crippen molar-refractivity contribution in [2.75, 3.05) is 0 Å². The number of halogens is 3. The predicted octanol–water partition coefficient (Wildman–Crippen LogP) is 3.53. The fourth-order valence-electron chi connectivity index (χ4n) is 1.54. The van der Waals surface area contributed by atoms with Crippen molar-refractivity contribution in [2.24, 2.45) is 5.10 Å². The molecule has 0 saturated carbocycles. The summed E-state index contributed by atoms with van der Waals surface area (Å²) < 4.78 is 0. The summed E-state index contributed by atoms with van der Waals surface area (Å²) in [6.07, 6.45) is 3.05. The molecule has 94 valence electrons. The minimum Gasteiger partial charge on any atom is -0.266 e. The van der Waals surface area contributed by atoms with Crippen LogP contribution in [0.2, 0.25) is 5.02 Å². The van der Waals surface area contributed by atoms with Gasteiger partial charge in [0.05, 0.1) is 5.02 Å². The number of nitrogens with one attached hydrogen (secondary N) is 1. The highest BCUT2D eigenvalue weighted by atomic mass is 35.5. The highest BCUT2D eigenvalue weighted by molar-refractivity contribution is 6.70. The van der Waals surface area contributed by atoms with E-state index >= 15 is 0 Å². The Labute approximate surface area is 119 Å². The van der Waals surface area contributed by atoms with Gasteiger partial charge in [0.25, 0.3) is 0 Å². The van der Waals surface area contributed by atoms with Crippen molar-refractivity contribution >= 4 is 45.5 Å². The number of allylic oxidation sites excluding steroid dienone is 3. The van der Waals surface area contributed by atoms with E-state index < -0.39 is 0 Å². The van der Waals surface area contributed by atoms with Crippen LogP contribution in [-0.2, 0) is 0 Å². The maximum absolute atomic E-state index is 6.07. The quantitative estimate of drug-likeness (QED) is 0.807. The molecule has 0 saturated heterocycles. The van der Waals surface area contributed by atoms with Gasteiger partial charge in [0.2, 0.25) is 0 Å². The monoisotopic (exact) mass is 302 g/mol. The van der Waals surface area contributed by atoms with Gasteiger partial charge in [-0.25, -0.2) is 9.97 Å². The van der Waals surface area contributed by atoms with E-state index in [1.807, 2.05) is 13.8 Å². The van der Waals surface area contributed by atoms with Crippen molar-refractivity contribution in [3.63, 3.8) is 0 Å². The smallest absolute Gasteiger partial charge is 0.159 e. The molecule has 1 N–H and O–H groups in total. The third kappa shape index (κ3) is 2.51. The third-order valence-corrected chi connectivity index (χ3v) is 3.42. The zero-order valence-corrected chi connectivity index (χ0v) is 11.9. The highest BCUT2D eigenvalue weighted by Crippen LogP contribution is 2.30. The molecule has 0 spiro atoms. The Balaban J connectivity index is 2.64. The van der Waals surface area contributed by atoms with Gasteiger partial charge in [0.1, 0.15) is 5.16 Å². The van der Waals surface area contributed by atoms with Crippen LogP contribution in [0.1, 0.15) is 19.7 Å². The molecule has 1 aromatic heterocycles. The van der Waals surface area contributed by atoms with Gasteiger partial charge in [-0.15, -0.1) is 0 Å². The molecule has 0 aromatic carbocycles. The number of hydrazone groups is 1. The second-order valence-corrected chi connectivity index (χ2v) is 4.85. The van der Waals surface area contributed by atoms with Crippen LogP contribution in [0.25, 0.3) is 5.57 Å². The zero-order valence-electron chi connectivity index (χ0n) is 9.63. The van der Waals surface area contributed by atoms with Gasteiger partial charge in [0.15, 0.2) is 11.0 Å². The summed E-state index contributed by atoms with van der Waals surface area (Å²) >= 11 is 17.9. The molecule has 2 heterocycles. The van der Waals surface area contributed by atoms with E-state index in [0.717, 1.165) is 16.7 Å². The fraction of sp³-hybridized carbons (Fsp3) is 0.182. The summed E-state index contributed by atoms with van der Waals surface area (Å²) in [5, 5.41) is 5.11. The first-order valence-corrected chi connectivity index (χ1v) is 6.19. The van der Waals surface area contributed by atoms with Gasteiger partial charge in [-0.2, -0.15) is 5.10 Å². The molecular formula is C11H9Cl3N4. The number of rotatable bonds is 1. The molecule has 0 fully saturated rings. The summed E-state index contributed by atoms with van der Waals surface area (Å²) in [7, 11) is 0. The summed E-state index contributed by atoms with van der Waals surface area (Å²) in [5.74, 6) is 0.504. The molecule has 2 rings (SSSR count). The molecule has 0 radical (unpaired) electrons. The Hall–Kier alpha value is -1.10. The minimum atomic E-state index is 0.318. The van der Waals surface area contributed by atoms with E-state index in [9.17, 15) is 0 Å². The normalized spacial score (nSPS) is 16.4. The summed E-state index contributed by atoms with van der Waals surface area (Å²) in [5.41, 5.74) is 4.93. The van der Waals surface area contributed by atoms with Crippen LogP contribution >= 0.6 is 34.8 Å². The van der Waals surface area contributed by atoms with Gasteiger partial charge in [-0.05, 0) is 25.0 Å². The van der Waals surface area contributed by atoms with E-state index in [1.165, 1.54) is 12.4 Å². The van der Waals surface area contributed by atoms with Gasteiger partial charge in [-0.1, -0.05) is 34.8 Å². The van der Waals surface area contributed by atoms with Gasteiger partial charge >= 0.3 is 0 Å². The van der Waals surface area contributed by atoms with Gasteiger partial charge in [-0.3, -0.25) is 5.43 Å². The Morgan fingerprint density at radius 1 is 1.00 bits per heavy atom. The van der Waals surface area contributed by atoms with Crippen molar-refractivity contribution in [2.45, 2.75) is 13.8 Å².